The van der Waals surface area contributed by atoms with E-state index in [2.05, 4.69) is 39.4 Å². The lowest BCUT2D eigenvalue weighted by molar-refractivity contribution is 0.262. The lowest BCUT2D eigenvalue weighted by Gasteiger charge is -2.36. The Balaban J connectivity index is 0.00000154. The van der Waals surface area contributed by atoms with E-state index in [0.717, 1.165) is 60.6 Å². The molecule has 198 valence electrons. The quantitative estimate of drug-likeness (QED) is 0.384. The Morgan fingerprint density at radius 3 is 2.46 bits per heavy atom. The molecule has 4 rings (SSSR count). The Morgan fingerprint density at radius 2 is 1.83 bits per heavy atom. The zero-order valence-electron chi connectivity index (χ0n) is 22.4. The summed E-state index contributed by atoms with van der Waals surface area (Å²) < 4.78 is 1.89. The molecule has 1 atom stereocenters. The van der Waals surface area contributed by atoms with Crippen LogP contribution in [0.2, 0.25) is 0 Å². The molecule has 7 nitrogen and oxygen atoms in total. The Morgan fingerprint density at radius 1 is 1.09 bits per heavy atom. The van der Waals surface area contributed by atoms with Crippen LogP contribution in [0.1, 0.15) is 92.7 Å². The van der Waals surface area contributed by atoms with Gasteiger partial charge in [-0.05, 0) is 43.7 Å². The topological polar surface area (TPSA) is 78.6 Å². The van der Waals surface area contributed by atoms with E-state index in [0.29, 0.717) is 12.6 Å². The van der Waals surface area contributed by atoms with Crippen molar-refractivity contribution in [1.29, 1.82) is 0 Å². The molecule has 0 radical (unpaired) electrons. The Labute approximate surface area is 214 Å². The number of nitrogens with one attached hydrogen (secondary N) is 1. The molecule has 3 aromatic heterocycles. The number of fused-ring (bicyclic) bond motifs is 1. The average Bonchev–Trinajstić information content (AvgIpc) is 3.35. The van der Waals surface area contributed by atoms with Gasteiger partial charge in [-0.15, -0.1) is 0 Å². The zero-order chi connectivity index (χ0) is 25.3. The fourth-order valence-corrected chi connectivity index (χ4v) is 3.96. The van der Waals surface area contributed by atoms with Gasteiger partial charge in [0.15, 0.2) is 5.65 Å². The number of aliphatic hydroxyl groups excluding tert-OH is 1. The molecule has 1 unspecified atom stereocenters. The molecule has 0 bridgehead atoms. The lowest BCUT2D eigenvalue weighted by Crippen LogP contribution is -2.40. The molecule has 4 heterocycles. The molecule has 1 aliphatic rings. The molecule has 1 aliphatic heterocycles. The number of anilines is 2. The summed E-state index contributed by atoms with van der Waals surface area (Å²) in [6.07, 6.45) is 10.7. The van der Waals surface area contributed by atoms with Crippen LogP contribution in [-0.2, 0) is 13.0 Å². The molecule has 0 aliphatic carbocycles. The van der Waals surface area contributed by atoms with Crippen molar-refractivity contribution >= 4 is 17.3 Å². The summed E-state index contributed by atoms with van der Waals surface area (Å²) in [5, 5.41) is 17.6. The predicted molar refractivity (Wildman–Crippen MR) is 151 cm³/mol. The first-order chi connectivity index (χ1) is 16.8. The zero-order valence-corrected chi connectivity index (χ0v) is 22.4. The molecule has 0 aromatic carbocycles. The number of aromatic nitrogens is 4. The molecule has 0 spiro atoms. The SMILES string of the molecule is C.CC.CC.CC.CCc1cnn2c(NCc3cccnc3)cc(N3CCCCC3CCO)nc12. The van der Waals surface area contributed by atoms with Crippen LogP contribution in [-0.4, -0.2) is 43.9 Å². The fraction of sp³-hybridized carbons (Fsp3) is 0.607. The largest absolute Gasteiger partial charge is 0.396 e. The molecular weight excluding hydrogens is 436 g/mol. The average molecular weight is 487 g/mol. The first kappa shape index (κ1) is 32.3. The summed E-state index contributed by atoms with van der Waals surface area (Å²) in [5.41, 5.74) is 3.16. The summed E-state index contributed by atoms with van der Waals surface area (Å²) in [4.78, 5) is 11.5. The van der Waals surface area contributed by atoms with E-state index in [1.807, 2.05) is 64.5 Å². The summed E-state index contributed by atoms with van der Waals surface area (Å²) in [7, 11) is 0. The highest BCUT2D eigenvalue weighted by atomic mass is 16.3. The maximum atomic E-state index is 9.49. The molecule has 0 amide bonds. The summed E-state index contributed by atoms with van der Waals surface area (Å²) in [6.45, 7) is 16.0. The van der Waals surface area contributed by atoms with Crippen LogP contribution >= 0.6 is 0 Å². The maximum Gasteiger partial charge on any atom is 0.162 e. The standard InChI is InChI=1S/C21H28N6O.3C2H6.CH4/c1-2-17-15-24-27-19(23-14-16-6-5-9-22-13-16)12-20(25-21(17)27)26-10-4-3-7-18(26)8-11-28;3*1-2;/h5-6,9,12-13,15,18,23,28H,2-4,7-8,10-11,14H2,1H3;3*1-2H3;1H4. The highest BCUT2D eigenvalue weighted by molar-refractivity contribution is 5.61. The smallest absolute Gasteiger partial charge is 0.162 e. The van der Waals surface area contributed by atoms with Crippen molar-refractivity contribution in [3.8, 4) is 0 Å². The second-order valence-electron chi connectivity index (χ2n) is 7.33. The molecule has 35 heavy (non-hydrogen) atoms. The second kappa shape index (κ2) is 18.6. The fourth-order valence-electron chi connectivity index (χ4n) is 3.96. The van der Waals surface area contributed by atoms with E-state index in [1.165, 1.54) is 6.42 Å². The van der Waals surface area contributed by atoms with Crippen LogP contribution in [0.15, 0.2) is 36.8 Å². The Bertz CT molecular complexity index is 910. The molecule has 7 heteroatoms. The van der Waals surface area contributed by atoms with E-state index >= 15 is 0 Å². The number of nitrogens with zero attached hydrogens (tertiary/aromatic N) is 5. The van der Waals surface area contributed by atoms with Crippen LogP contribution < -0.4 is 10.2 Å². The Kier molecular flexibility index (Phi) is 17.2. The van der Waals surface area contributed by atoms with Gasteiger partial charge in [-0.3, -0.25) is 4.98 Å². The third-order valence-electron chi connectivity index (χ3n) is 5.49. The summed E-state index contributed by atoms with van der Waals surface area (Å²) >= 11 is 0. The van der Waals surface area contributed by atoms with E-state index in [1.54, 1.807) is 6.20 Å². The molecule has 1 fully saturated rings. The number of hydrogen-bond acceptors (Lipinski definition) is 6. The van der Waals surface area contributed by atoms with Gasteiger partial charge in [0.05, 0.1) is 6.20 Å². The third-order valence-corrected chi connectivity index (χ3v) is 5.49. The van der Waals surface area contributed by atoms with E-state index < -0.39 is 0 Å². The van der Waals surface area contributed by atoms with Gasteiger partial charge in [0, 0.05) is 49.8 Å². The second-order valence-corrected chi connectivity index (χ2v) is 7.33. The number of aryl methyl sites for hydroxylation is 1. The monoisotopic (exact) mass is 486 g/mol. The Hall–Kier alpha value is -2.67. The van der Waals surface area contributed by atoms with Crippen molar-refractivity contribution in [2.75, 3.05) is 23.4 Å². The van der Waals surface area contributed by atoms with Crippen LogP contribution in [0.5, 0.6) is 0 Å². The first-order valence-electron chi connectivity index (χ1n) is 13.2. The van der Waals surface area contributed by atoms with Crippen molar-refractivity contribution < 1.29 is 5.11 Å². The van der Waals surface area contributed by atoms with E-state index in [9.17, 15) is 5.11 Å². The number of piperidine rings is 1. The van der Waals surface area contributed by atoms with Gasteiger partial charge in [0.2, 0.25) is 0 Å². The van der Waals surface area contributed by atoms with Crippen LogP contribution in [0.3, 0.4) is 0 Å². The van der Waals surface area contributed by atoms with Crippen molar-refractivity contribution in [3.63, 3.8) is 0 Å². The summed E-state index contributed by atoms with van der Waals surface area (Å²) in [5.74, 6) is 1.89. The number of pyridine rings is 1. The van der Waals surface area contributed by atoms with Crippen LogP contribution in [0, 0.1) is 0 Å². The maximum absolute atomic E-state index is 9.49. The van der Waals surface area contributed by atoms with Gasteiger partial charge in [-0.1, -0.05) is 62.0 Å². The molecule has 3 aromatic rings. The third kappa shape index (κ3) is 8.80. The normalized spacial score (nSPS) is 14.3. The van der Waals surface area contributed by atoms with Crippen LogP contribution in [0.25, 0.3) is 5.65 Å². The van der Waals surface area contributed by atoms with Gasteiger partial charge < -0.3 is 15.3 Å². The van der Waals surface area contributed by atoms with Crippen LogP contribution in [0.4, 0.5) is 11.6 Å². The van der Waals surface area contributed by atoms with E-state index in [-0.39, 0.29) is 14.0 Å². The molecule has 2 N–H and O–H groups in total. The number of hydrogen-bond donors (Lipinski definition) is 2. The minimum absolute atomic E-state index is 0. The van der Waals surface area contributed by atoms with Gasteiger partial charge in [-0.25, -0.2) is 4.98 Å². The van der Waals surface area contributed by atoms with Gasteiger partial charge in [0.25, 0.3) is 0 Å². The number of aliphatic hydroxyl groups is 1. The van der Waals surface area contributed by atoms with Gasteiger partial charge in [-0.2, -0.15) is 9.61 Å². The van der Waals surface area contributed by atoms with Gasteiger partial charge in [0.1, 0.15) is 11.6 Å². The van der Waals surface area contributed by atoms with Gasteiger partial charge >= 0.3 is 0 Å². The molecule has 1 saturated heterocycles. The minimum Gasteiger partial charge on any atom is -0.396 e. The van der Waals surface area contributed by atoms with Crippen molar-refractivity contribution in [3.05, 3.63) is 47.9 Å². The first-order valence-corrected chi connectivity index (χ1v) is 13.2. The highest BCUT2D eigenvalue weighted by Crippen LogP contribution is 2.29. The highest BCUT2D eigenvalue weighted by Gasteiger charge is 2.24. The molecular formula is C28H50N6O. The van der Waals surface area contributed by atoms with E-state index in [4.69, 9.17) is 4.98 Å². The predicted octanol–water partition coefficient (Wildman–Crippen LogP) is 6.75. The van der Waals surface area contributed by atoms with Crippen molar-refractivity contribution in [1.82, 2.24) is 19.6 Å². The van der Waals surface area contributed by atoms with Crippen molar-refractivity contribution in [2.45, 2.75) is 101 Å². The minimum atomic E-state index is 0. The van der Waals surface area contributed by atoms with Crippen molar-refractivity contribution in [2.24, 2.45) is 0 Å². The lowest BCUT2D eigenvalue weighted by atomic mass is 9.99. The molecule has 0 saturated carbocycles. The summed E-state index contributed by atoms with van der Waals surface area (Å²) in [6, 6.07) is 6.43. The number of rotatable bonds is 7.